The van der Waals surface area contributed by atoms with Gasteiger partial charge in [0, 0.05) is 12.6 Å². The molecule has 1 N–H and O–H groups in total. The van der Waals surface area contributed by atoms with Crippen molar-refractivity contribution in [2.24, 2.45) is 0 Å². The van der Waals surface area contributed by atoms with Crippen molar-refractivity contribution in [1.29, 1.82) is 0 Å². The SMILES string of the molecule is OCc1cnc(OCCCC(F)(F)F)c(Cl)c1. The molecule has 17 heavy (non-hydrogen) atoms. The monoisotopic (exact) mass is 269 g/mol. The molecule has 0 atom stereocenters. The molecule has 3 nitrogen and oxygen atoms in total. The van der Waals surface area contributed by atoms with Crippen LogP contribution in [-0.2, 0) is 6.61 Å². The number of hydrogen-bond donors (Lipinski definition) is 1. The summed E-state index contributed by atoms with van der Waals surface area (Å²) in [6.07, 6.45) is -3.88. The van der Waals surface area contributed by atoms with Crippen molar-refractivity contribution in [2.75, 3.05) is 6.61 Å². The Morgan fingerprint density at radius 3 is 2.65 bits per heavy atom. The second-order valence-corrected chi connectivity index (χ2v) is 3.76. The van der Waals surface area contributed by atoms with E-state index in [4.69, 9.17) is 21.4 Å². The molecule has 0 saturated carbocycles. The maximum atomic E-state index is 11.8. The van der Waals surface area contributed by atoms with Gasteiger partial charge in [-0.25, -0.2) is 4.98 Å². The Bertz CT molecular complexity index is 371. The second kappa shape index (κ2) is 6.07. The molecule has 0 aliphatic heterocycles. The van der Waals surface area contributed by atoms with Crippen LogP contribution in [0.15, 0.2) is 12.3 Å². The molecule has 0 unspecified atom stereocenters. The molecule has 0 bridgehead atoms. The van der Waals surface area contributed by atoms with Gasteiger partial charge in [0.1, 0.15) is 5.02 Å². The first-order chi connectivity index (χ1) is 7.92. The molecule has 0 spiro atoms. The van der Waals surface area contributed by atoms with Crippen LogP contribution in [0.2, 0.25) is 5.02 Å². The van der Waals surface area contributed by atoms with E-state index in [-0.39, 0.29) is 30.5 Å². The van der Waals surface area contributed by atoms with Crippen LogP contribution in [0.3, 0.4) is 0 Å². The van der Waals surface area contributed by atoms with E-state index in [0.29, 0.717) is 5.56 Å². The lowest BCUT2D eigenvalue weighted by Gasteiger charge is -2.09. The number of aliphatic hydroxyl groups excluding tert-OH is 1. The van der Waals surface area contributed by atoms with Gasteiger partial charge >= 0.3 is 6.18 Å². The van der Waals surface area contributed by atoms with Gasteiger partial charge in [0.15, 0.2) is 0 Å². The van der Waals surface area contributed by atoms with Crippen LogP contribution < -0.4 is 4.74 Å². The van der Waals surface area contributed by atoms with Crippen molar-refractivity contribution in [2.45, 2.75) is 25.6 Å². The minimum absolute atomic E-state index is 0.0750. The highest BCUT2D eigenvalue weighted by Crippen LogP contribution is 2.24. The van der Waals surface area contributed by atoms with Gasteiger partial charge in [0.05, 0.1) is 13.2 Å². The van der Waals surface area contributed by atoms with Gasteiger partial charge < -0.3 is 9.84 Å². The summed E-state index contributed by atoms with van der Waals surface area (Å²) in [6.45, 7) is -0.314. The molecule has 0 aliphatic rings. The quantitative estimate of drug-likeness (QED) is 0.836. The number of halogens is 4. The van der Waals surface area contributed by atoms with E-state index in [2.05, 4.69) is 4.98 Å². The van der Waals surface area contributed by atoms with Gasteiger partial charge in [0.2, 0.25) is 5.88 Å². The first kappa shape index (κ1) is 14.1. The van der Waals surface area contributed by atoms with Crippen LogP contribution >= 0.6 is 11.6 Å². The third-order valence-corrected chi connectivity index (χ3v) is 2.16. The van der Waals surface area contributed by atoms with E-state index < -0.39 is 12.6 Å². The largest absolute Gasteiger partial charge is 0.477 e. The van der Waals surface area contributed by atoms with Crippen LogP contribution in [-0.4, -0.2) is 22.9 Å². The summed E-state index contributed by atoms with van der Waals surface area (Å²) in [4.78, 5) is 3.79. The Morgan fingerprint density at radius 1 is 1.41 bits per heavy atom. The number of nitrogens with zero attached hydrogens (tertiary/aromatic N) is 1. The van der Waals surface area contributed by atoms with E-state index >= 15 is 0 Å². The van der Waals surface area contributed by atoms with Crippen molar-refractivity contribution in [3.8, 4) is 5.88 Å². The lowest BCUT2D eigenvalue weighted by molar-refractivity contribution is -0.136. The summed E-state index contributed by atoms with van der Waals surface area (Å²) in [5, 5.41) is 8.96. The zero-order valence-corrected chi connectivity index (χ0v) is 9.55. The molecule has 1 rings (SSSR count). The minimum atomic E-state index is -4.18. The maximum absolute atomic E-state index is 11.8. The highest BCUT2D eigenvalue weighted by molar-refractivity contribution is 6.31. The predicted octanol–water partition coefficient (Wildman–Crippen LogP) is 2.95. The predicted molar refractivity (Wildman–Crippen MR) is 56.0 cm³/mol. The average Bonchev–Trinajstić information content (AvgIpc) is 2.24. The van der Waals surface area contributed by atoms with Crippen LogP contribution in [0.5, 0.6) is 5.88 Å². The molecule has 0 saturated heterocycles. The molecule has 0 aliphatic carbocycles. The molecule has 1 heterocycles. The summed E-state index contributed by atoms with van der Waals surface area (Å²) in [7, 11) is 0. The summed E-state index contributed by atoms with van der Waals surface area (Å²) in [5.41, 5.74) is 0.512. The molecule has 0 fully saturated rings. The maximum Gasteiger partial charge on any atom is 0.389 e. The van der Waals surface area contributed by atoms with Gasteiger partial charge in [-0.15, -0.1) is 0 Å². The van der Waals surface area contributed by atoms with Gasteiger partial charge in [-0.3, -0.25) is 0 Å². The molecule has 0 aromatic carbocycles. The highest BCUT2D eigenvalue weighted by Gasteiger charge is 2.26. The fourth-order valence-electron chi connectivity index (χ4n) is 1.10. The number of alkyl halides is 3. The topological polar surface area (TPSA) is 42.4 Å². The number of aliphatic hydroxyl groups is 1. The normalized spacial score (nSPS) is 11.6. The standard InChI is InChI=1S/C10H11ClF3NO2/c11-8-4-7(6-16)5-15-9(8)17-3-1-2-10(12,13)14/h4-5,16H,1-3,6H2. The van der Waals surface area contributed by atoms with Crippen LogP contribution in [0.4, 0.5) is 13.2 Å². The molecule has 7 heteroatoms. The Balaban J connectivity index is 2.42. The summed E-state index contributed by atoms with van der Waals surface area (Å²) < 4.78 is 40.5. The Hall–Kier alpha value is -1.01. The van der Waals surface area contributed by atoms with Crippen LogP contribution in [0.1, 0.15) is 18.4 Å². The van der Waals surface area contributed by atoms with Gasteiger partial charge in [-0.05, 0) is 18.1 Å². The van der Waals surface area contributed by atoms with Crippen molar-refractivity contribution < 1.29 is 23.0 Å². The number of rotatable bonds is 5. The molecule has 96 valence electrons. The van der Waals surface area contributed by atoms with Crippen LogP contribution in [0, 0.1) is 0 Å². The molecule has 1 aromatic rings. The van der Waals surface area contributed by atoms with Crippen LogP contribution in [0.25, 0.3) is 0 Å². The van der Waals surface area contributed by atoms with Gasteiger partial charge in [0.25, 0.3) is 0 Å². The van der Waals surface area contributed by atoms with Gasteiger partial charge in [-0.2, -0.15) is 13.2 Å². The van der Waals surface area contributed by atoms with Crippen molar-refractivity contribution in [1.82, 2.24) is 4.98 Å². The number of pyridine rings is 1. The van der Waals surface area contributed by atoms with E-state index in [9.17, 15) is 13.2 Å². The third-order valence-electron chi connectivity index (χ3n) is 1.89. The van der Waals surface area contributed by atoms with Crippen molar-refractivity contribution >= 4 is 11.6 Å². The Morgan fingerprint density at radius 2 is 2.12 bits per heavy atom. The van der Waals surface area contributed by atoms with E-state index in [1.165, 1.54) is 12.3 Å². The lowest BCUT2D eigenvalue weighted by Crippen LogP contribution is -2.10. The first-order valence-corrected chi connectivity index (χ1v) is 5.25. The molecule has 1 aromatic heterocycles. The molecule has 0 radical (unpaired) electrons. The molecular formula is C10H11ClF3NO2. The zero-order valence-electron chi connectivity index (χ0n) is 8.80. The van der Waals surface area contributed by atoms with Gasteiger partial charge in [-0.1, -0.05) is 11.6 Å². The molecular weight excluding hydrogens is 259 g/mol. The number of hydrogen-bond acceptors (Lipinski definition) is 3. The van der Waals surface area contributed by atoms with E-state index in [1.54, 1.807) is 0 Å². The minimum Gasteiger partial charge on any atom is -0.477 e. The highest BCUT2D eigenvalue weighted by atomic mass is 35.5. The third kappa shape index (κ3) is 5.23. The smallest absolute Gasteiger partial charge is 0.389 e. The summed E-state index contributed by atoms with van der Waals surface area (Å²) in [6, 6.07) is 1.45. The lowest BCUT2D eigenvalue weighted by atomic mass is 10.3. The number of ether oxygens (including phenoxy) is 1. The second-order valence-electron chi connectivity index (χ2n) is 3.36. The number of aromatic nitrogens is 1. The summed E-state index contributed by atoms with van der Waals surface area (Å²) in [5.74, 6) is 0.0750. The van der Waals surface area contributed by atoms with E-state index in [0.717, 1.165) is 0 Å². The zero-order chi connectivity index (χ0) is 12.9. The first-order valence-electron chi connectivity index (χ1n) is 4.87. The Labute approximate surface area is 101 Å². The van der Waals surface area contributed by atoms with Crippen molar-refractivity contribution in [3.63, 3.8) is 0 Å². The van der Waals surface area contributed by atoms with Crippen molar-refractivity contribution in [3.05, 3.63) is 22.8 Å². The molecule has 0 amide bonds. The Kier molecular flexibility index (Phi) is 5.02. The van der Waals surface area contributed by atoms with E-state index in [1.807, 2.05) is 0 Å². The fourth-order valence-corrected chi connectivity index (χ4v) is 1.34. The average molecular weight is 270 g/mol. The summed E-state index contributed by atoms with van der Waals surface area (Å²) >= 11 is 5.76. The fraction of sp³-hybridized carbons (Fsp3) is 0.500.